The second-order valence-electron chi connectivity index (χ2n) is 5.67. The van der Waals surface area contributed by atoms with Crippen LogP contribution in [0.1, 0.15) is 0 Å². The number of nitrogens with two attached hydrogens (primary N) is 1. The molecule has 6 nitrogen and oxygen atoms in total. The molecule has 2 aromatic carbocycles. The van der Waals surface area contributed by atoms with E-state index in [4.69, 9.17) is 10.5 Å². The van der Waals surface area contributed by atoms with Crippen LogP contribution in [-0.4, -0.2) is 19.9 Å². The molecule has 0 amide bonds. The molecule has 0 aliphatic rings. The Morgan fingerprint density at radius 1 is 0.889 bits per heavy atom. The molecule has 0 fully saturated rings. The smallest absolute Gasteiger partial charge is 0.222 e. The van der Waals surface area contributed by atoms with Crippen LogP contribution in [0.15, 0.2) is 73.4 Å². The Hall–Kier alpha value is -3.87. The van der Waals surface area contributed by atoms with Crippen molar-refractivity contribution in [2.75, 3.05) is 5.73 Å². The first-order valence-electron chi connectivity index (χ1n) is 8.11. The first-order valence-corrected chi connectivity index (χ1v) is 8.11. The lowest BCUT2D eigenvalue weighted by Crippen LogP contribution is -1.95. The van der Waals surface area contributed by atoms with Crippen molar-refractivity contribution >= 4 is 5.82 Å². The number of para-hydroxylation sites is 1. The number of nitrogens with zero attached hydrogens (tertiary/aromatic N) is 4. The molecule has 2 N–H and O–H groups in total. The van der Waals surface area contributed by atoms with Gasteiger partial charge in [0.2, 0.25) is 5.88 Å². The van der Waals surface area contributed by atoms with Gasteiger partial charge in [-0.1, -0.05) is 24.3 Å². The monoisotopic (exact) mass is 359 g/mol. The predicted octanol–water partition coefficient (Wildman–Crippen LogP) is 4.11. The Balaban J connectivity index is 1.70. The van der Waals surface area contributed by atoms with Gasteiger partial charge < -0.3 is 10.5 Å². The van der Waals surface area contributed by atoms with E-state index in [0.717, 1.165) is 5.56 Å². The Morgan fingerprint density at radius 3 is 2.52 bits per heavy atom. The lowest BCUT2D eigenvalue weighted by molar-refractivity contribution is 0.463. The average Bonchev–Trinajstić information content (AvgIpc) is 2.70. The summed E-state index contributed by atoms with van der Waals surface area (Å²) in [4.78, 5) is 16.0. The first kappa shape index (κ1) is 16.6. The van der Waals surface area contributed by atoms with Gasteiger partial charge in [-0.05, 0) is 23.8 Å². The number of hydrogen-bond acceptors (Lipinski definition) is 6. The quantitative estimate of drug-likeness (QED) is 0.590. The van der Waals surface area contributed by atoms with Crippen LogP contribution in [0.3, 0.4) is 0 Å². The molecule has 27 heavy (non-hydrogen) atoms. The zero-order valence-corrected chi connectivity index (χ0v) is 14.1. The van der Waals surface area contributed by atoms with Crippen molar-refractivity contribution in [2.24, 2.45) is 0 Å². The molecule has 2 aromatic heterocycles. The summed E-state index contributed by atoms with van der Waals surface area (Å²) in [7, 11) is 0. The molecule has 0 unspecified atom stereocenters. The fourth-order valence-electron chi connectivity index (χ4n) is 2.61. The molecule has 0 radical (unpaired) electrons. The molecule has 0 atom stereocenters. The fourth-order valence-corrected chi connectivity index (χ4v) is 2.61. The number of halogens is 1. The van der Waals surface area contributed by atoms with E-state index in [2.05, 4.69) is 19.9 Å². The highest BCUT2D eigenvalue weighted by Gasteiger charge is 2.12. The van der Waals surface area contributed by atoms with Crippen molar-refractivity contribution in [3.8, 4) is 34.0 Å². The van der Waals surface area contributed by atoms with Gasteiger partial charge in [-0.2, -0.15) is 0 Å². The largest absolute Gasteiger partial charge is 0.438 e. The summed E-state index contributed by atoms with van der Waals surface area (Å²) in [5.74, 6) is 0.845. The molecule has 4 rings (SSSR count). The van der Waals surface area contributed by atoms with Gasteiger partial charge in [-0.15, -0.1) is 0 Å². The van der Waals surface area contributed by atoms with Crippen LogP contribution >= 0.6 is 0 Å². The Labute approximate surface area is 154 Å². The zero-order chi connectivity index (χ0) is 18.6. The third-order valence-corrected chi connectivity index (χ3v) is 3.88. The SMILES string of the molecule is Nc1cnc(-c2ccc(-c3ccccc3Oc3ccncn3)cc2F)cn1. The summed E-state index contributed by atoms with van der Waals surface area (Å²) in [6.45, 7) is 0. The lowest BCUT2D eigenvalue weighted by Gasteiger charge is -2.11. The highest BCUT2D eigenvalue weighted by atomic mass is 19.1. The molecule has 0 bridgehead atoms. The highest BCUT2D eigenvalue weighted by Crippen LogP contribution is 2.34. The molecule has 0 saturated carbocycles. The normalized spacial score (nSPS) is 10.6. The lowest BCUT2D eigenvalue weighted by atomic mass is 10.0. The minimum atomic E-state index is -0.414. The molecular formula is C20H14FN5O. The van der Waals surface area contributed by atoms with E-state index >= 15 is 0 Å². The van der Waals surface area contributed by atoms with Gasteiger partial charge in [0.15, 0.2) is 0 Å². The van der Waals surface area contributed by atoms with Crippen molar-refractivity contribution < 1.29 is 9.13 Å². The van der Waals surface area contributed by atoms with Crippen molar-refractivity contribution in [3.05, 3.63) is 79.3 Å². The predicted molar refractivity (Wildman–Crippen MR) is 99.4 cm³/mol. The third kappa shape index (κ3) is 3.57. The molecule has 4 aromatic rings. The van der Waals surface area contributed by atoms with E-state index in [1.54, 1.807) is 30.5 Å². The van der Waals surface area contributed by atoms with E-state index in [-0.39, 0.29) is 5.82 Å². The van der Waals surface area contributed by atoms with Gasteiger partial charge in [0.1, 0.15) is 23.7 Å². The molecule has 0 aliphatic carbocycles. The van der Waals surface area contributed by atoms with Crippen LogP contribution < -0.4 is 10.5 Å². The third-order valence-electron chi connectivity index (χ3n) is 3.88. The Bertz CT molecular complexity index is 1070. The number of benzene rings is 2. The number of aromatic nitrogens is 4. The fraction of sp³-hybridized carbons (Fsp3) is 0. The molecular weight excluding hydrogens is 345 g/mol. The second-order valence-corrected chi connectivity index (χ2v) is 5.67. The van der Waals surface area contributed by atoms with Crippen LogP contribution in [0.2, 0.25) is 0 Å². The number of nitrogen functional groups attached to an aromatic ring is 1. The van der Waals surface area contributed by atoms with E-state index in [9.17, 15) is 4.39 Å². The van der Waals surface area contributed by atoms with Gasteiger partial charge >= 0.3 is 0 Å². The van der Waals surface area contributed by atoms with E-state index in [0.29, 0.717) is 28.5 Å². The topological polar surface area (TPSA) is 86.8 Å². The van der Waals surface area contributed by atoms with E-state index < -0.39 is 5.82 Å². The molecule has 2 heterocycles. The summed E-state index contributed by atoms with van der Waals surface area (Å²) >= 11 is 0. The van der Waals surface area contributed by atoms with Gasteiger partial charge in [0, 0.05) is 23.4 Å². The number of ether oxygens (including phenoxy) is 1. The Morgan fingerprint density at radius 2 is 1.78 bits per heavy atom. The number of rotatable bonds is 4. The highest BCUT2D eigenvalue weighted by molar-refractivity contribution is 5.73. The van der Waals surface area contributed by atoms with Crippen LogP contribution in [0.25, 0.3) is 22.4 Å². The Kier molecular flexibility index (Phi) is 4.40. The van der Waals surface area contributed by atoms with Crippen LogP contribution in [0.5, 0.6) is 11.6 Å². The van der Waals surface area contributed by atoms with Gasteiger partial charge in [0.05, 0.1) is 18.1 Å². The van der Waals surface area contributed by atoms with Crippen LogP contribution in [0.4, 0.5) is 10.2 Å². The van der Waals surface area contributed by atoms with E-state index in [1.807, 2.05) is 18.2 Å². The minimum absolute atomic E-state index is 0.284. The van der Waals surface area contributed by atoms with Crippen LogP contribution in [0, 0.1) is 5.82 Å². The summed E-state index contributed by atoms with van der Waals surface area (Å²) in [6, 6.07) is 13.9. The van der Waals surface area contributed by atoms with Crippen molar-refractivity contribution in [3.63, 3.8) is 0 Å². The zero-order valence-electron chi connectivity index (χ0n) is 14.1. The first-order chi connectivity index (χ1) is 13.2. The maximum absolute atomic E-state index is 14.7. The summed E-state index contributed by atoms with van der Waals surface area (Å²) in [5, 5.41) is 0. The maximum Gasteiger partial charge on any atom is 0.222 e. The summed E-state index contributed by atoms with van der Waals surface area (Å²) in [6.07, 6.45) is 5.83. The minimum Gasteiger partial charge on any atom is -0.438 e. The molecule has 132 valence electrons. The molecule has 0 saturated heterocycles. The number of anilines is 1. The number of hydrogen-bond donors (Lipinski definition) is 1. The van der Waals surface area contributed by atoms with Crippen molar-refractivity contribution in [2.45, 2.75) is 0 Å². The molecule has 7 heteroatoms. The summed E-state index contributed by atoms with van der Waals surface area (Å²) < 4.78 is 20.5. The average molecular weight is 359 g/mol. The van der Waals surface area contributed by atoms with Gasteiger partial charge in [-0.25, -0.2) is 19.3 Å². The van der Waals surface area contributed by atoms with Crippen molar-refractivity contribution in [1.82, 2.24) is 19.9 Å². The van der Waals surface area contributed by atoms with Gasteiger partial charge in [0.25, 0.3) is 0 Å². The maximum atomic E-state index is 14.7. The van der Waals surface area contributed by atoms with Crippen LogP contribution in [-0.2, 0) is 0 Å². The molecule has 0 spiro atoms. The van der Waals surface area contributed by atoms with Gasteiger partial charge in [-0.3, -0.25) is 4.98 Å². The molecule has 0 aliphatic heterocycles. The second kappa shape index (κ2) is 7.17. The van der Waals surface area contributed by atoms with E-state index in [1.165, 1.54) is 24.8 Å². The summed E-state index contributed by atoms with van der Waals surface area (Å²) in [5.41, 5.74) is 7.71. The van der Waals surface area contributed by atoms with Crippen molar-refractivity contribution in [1.29, 1.82) is 0 Å². The standard InChI is InChI=1S/C20H14FN5O/c21-16-9-13(5-6-15(16)17-10-25-19(22)11-24-17)14-3-1-2-4-18(14)27-20-7-8-23-12-26-20/h1-12H,(H2,22,25).